The summed E-state index contributed by atoms with van der Waals surface area (Å²) in [5, 5.41) is 7.14. The quantitative estimate of drug-likeness (QED) is 0.777. The molecule has 0 aliphatic carbocycles. The molecular formula is C19H17F2N3O. The lowest BCUT2D eigenvalue weighted by Crippen LogP contribution is -2.15. The molecule has 3 aromatic rings. The van der Waals surface area contributed by atoms with Gasteiger partial charge in [0.15, 0.2) is 0 Å². The lowest BCUT2D eigenvalue weighted by Gasteiger charge is -2.08. The second-order valence-corrected chi connectivity index (χ2v) is 5.76. The zero-order chi connectivity index (χ0) is 18.0. The van der Waals surface area contributed by atoms with E-state index in [1.54, 1.807) is 29.8 Å². The second kappa shape index (κ2) is 6.84. The molecule has 0 unspecified atom stereocenters. The van der Waals surface area contributed by atoms with Gasteiger partial charge in [-0.25, -0.2) is 8.78 Å². The summed E-state index contributed by atoms with van der Waals surface area (Å²) in [5.41, 5.74) is 2.79. The lowest BCUT2D eigenvalue weighted by atomic mass is 10.2. The number of nitrogens with one attached hydrogen (secondary N) is 1. The zero-order valence-corrected chi connectivity index (χ0v) is 13.9. The Hall–Kier alpha value is -3.02. The van der Waals surface area contributed by atoms with Crippen LogP contribution < -0.4 is 5.32 Å². The van der Waals surface area contributed by atoms with Crippen molar-refractivity contribution in [3.05, 3.63) is 82.7 Å². The van der Waals surface area contributed by atoms with Crippen LogP contribution in [-0.4, -0.2) is 15.7 Å². The van der Waals surface area contributed by atoms with Crippen molar-refractivity contribution in [2.45, 2.75) is 20.4 Å². The van der Waals surface area contributed by atoms with Crippen LogP contribution in [0.1, 0.15) is 27.3 Å². The summed E-state index contributed by atoms with van der Waals surface area (Å²) in [6, 6.07) is 12.0. The van der Waals surface area contributed by atoms with Crippen molar-refractivity contribution in [3.8, 4) is 0 Å². The molecule has 0 saturated heterocycles. The van der Waals surface area contributed by atoms with Crippen molar-refractivity contribution in [1.82, 2.24) is 9.78 Å². The number of rotatable bonds is 4. The average molecular weight is 341 g/mol. The molecule has 0 saturated carbocycles. The zero-order valence-electron chi connectivity index (χ0n) is 13.9. The molecule has 4 nitrogen and oxygen atoms in total. The maximum atomic E-state index is 13.8. The van der Waals surface area contributed by atoms with E-state index in [4.69, 9.17) is 0 Å². The van der Waals surface area contributed by atoms with Crippen LogP contribution in [0.4, 0.5) is 14.5 Å². The van der Waals surface area contributed by atoms with E-state index in [-0.39, 0.29) is 11.4 Å². The van der Waals surface area contributed by atoms with Gasteiger partial charge in [0, 0.05) is 0 Å². The average Bonchev–Trinajstić information content (AvgIpc) is 2.85. The first-order valence-electron chi connectivity index (χ1n) is 7.80. The minimum absolute atomic E-state index is 0.0208. The Labute approximate surface area is 144 Å². The highest BCUT2D eigenvalue weighted by Crippen LogP contribution is 2.22. The summed E-state index contributed by atoms with van der Waals surface area (Å²) < 4.78 is 28.5. The van der Waals surface area contributed by atoms with Gasteiger partial charge in [-0.2, -0.15) is 5.10 Å². The first kappa shape index (κ1) is 16.8. The molecule has 0 spiro atoms. The second-order valence-electron chi connectivity index (χ2n) is 5.76. The molecule has 0 radical (unpaired) electrons. The molecule has 0 fully saturated rings. The van der Waals surface area contributed by atoms with Gasteiger partial charge in [-0.05, 0) is 43.7 Å². The third-order valence-corrected chi connectivity index (χ3v) is 3.98. The number of anilines is 1. The predicted molar refractivity (Wildman–Crippen MR) is 91.6 cm³/mol. The third kappa shape index (κ3) is 3.57. The largest absolute Gasteiger partial charge is 0.319 e. The van der Waals surface area contributed by atoms with Crippen molar-refractivity contribution in [1.29, 1.82) is 0 Å². The fraction of sp³-hybridized carbons (Fsp3) is 0.158. The molecule has 25 heavy (non-hydrogen) atoms. The van der Waals surface area contributed by atoms with Crippen LogP contribution >= 0.6 is 0 Å². The maximum Gasteiger partial charge on any atom is 0.258 e. The molecule has 1 amide bonds. The van der Waals surface area contributed by atoms with Gasteiger partial charge in [0.25, 0.3) is 5.91 Å². The number of halogens is 2. The van der Waals surface area contributed by atoms with E-state index >= 15 is 0 Å². The number of aromatic nitrogens is 2. The number of hydrogen-bond donors (Lipinski definition) is 1. The Kier molecular flexibility index (Phi) is 4.61. The van der Waals surface area contributed by atoms with Crippen molar-refractivity contribution >= 4 is 11.6 Å². The first-order chi connectivity index (χ1) is 12.0. The van der Waals surface area contributed by atoms with Crippen LogP contribution in [-0.2, 0) is 6.54 Å². The summed E-state index contributed by atoms with van der Waals surface area (Å²) in [4.78, 5) is 12.3. The van der Waals surface area contributed by atoms with Gasteiger partial charge in [0.2, 0.25) is 0 Å². The molecule has 0 aliphatic heterocycles. The third-order valence-electron chi connectivity index (χ3n) is 3.98. The van der Waals surface area contributed by atoms with E-state index < -0.39 is 11.7 Å². The Balaban J connectivity index is 1.83. The maximum absolute atomic E-state index is 13.8. The minimum Gasteiger partial charge on any atom is -0.319 e. The highest BCUT2D eigenvalue weighted by atomic mass is 19.1. The minimum atomic E-state index is -0.575. The van der Waals surface area contributed by atoms with Gasteiger partial charge >= 0.3 is 0 Å². The molecule has 2 aromatic carbocycles. The summed E-state index contributed by atoms with van der Waals surface area (Å²) >= 11 is 0. The van der Waals surface area contributed by atoms with Crippen molar-refractivity contribution in [2.75, 3.05) is 5.32 Å². The van der Waals surface area contributed by atoms with Gasteiger partial charge in [0.05, 0.1) is 29.2 Å². The molecule has 1 aromatic heterocycles. The predicted octanol–water partition coefficient (Wildman–Crippen LogP) is 4.08. The first-order valence-corrected chi connectivity index (χ1v) is 7.80. The summed E-state index contributed by atoms with van der Waals surface area (Å²) in [5.74, 6) is -1.39. The van der Waals surface area contributed by atoms with E-state index in [9.17, 15) is 13.6 Å². The fourth-order valence-corrected chi connectivity index (χ4v) is 2.62. The Morgan fingerprint density at radius 2 is 1.76 bits per heavy atom. The standard InChI is InChI=1S/C19H17F2N3O/c1-12-18(22-19(25)16-5-3-4-6-17(16)21)13(2)24(23-12)11-14-7-9-15(20)10-8-14/h3-10H,11H2,1-2H3,(H,22,25). The van der Waals surface area contributed by atoms with Crippen LogP contribution in [0.5, 0.6) is 0 Å². The van der Waals surface area contributed by atoms with Crippen molar-refractivity contribution in [3.63, 3.8) is 0 Å². The van der Waals surface area contributed by atoms with Gasteiger partial charge in [-0.15, -0.1) is 0 Å². The SMILES string of the molecule is Cc1nn(Cc2ccc(F)cc2)c(C)c1NC(=O)c1ccccc1F. The van der Waals surface area contributed by atoms with Crippen molar-refractivity contribution in [2.24, 2.45) is 0 Å². The van der Waals surface area contributed by atoms with E-state index in [2.05, 4.69) is 10.4 Å². The number of nitrogens with zero attached hydrogens (tertiary/aromatic N) is 2. The Morgan fingerprint density at radius 1 is 1.08 bits per heavy atom. The van der Waals surface area contributed by atoms with Gasteiger partial charge in [-0.1, -0.05) is 24.3 Å². The number of aryl methyl sites for hydroxylation is 1. The Morgan fingerprint density at radius 3 is 2.44 bits per heavy atom. The van der Waals surface area contributed by atoms with E-state index in [1.165, 1.54) is 30.3 Å². The van der Waals surface area contributed by atoms with Gasteiger partial charge in [-0.3, -0.25) is 9.48 Å². The fourth-order valence-electron chi connectivity index (χ4n) is 2.62. The van der Waals surface area contributed by atoms with E-state index in [0.717, 1.165) is 11.3 Å². The molecule has 0 aliphatic rings. The van der Waals surface area contributed by atoms with E-state index in [0.29, 0.717) is 17.9 Å². The lowest BCUT2D eigenvalue weighted by molar-refractivity contribution is 0.102. The topological polar surface area (TPSA) is 46.9 Å². The molecule has 0 bridgehead atoms. The van der Waals surface area contributed by atoms with Gasteiger partial charge in [0.1, 0.15) is 11.6 Å². The summed E-state index contributed by atoms with van der Waals surface area (Å²) in [7, 11) is 0. The number of hydrogen-bond acceptors (Lipinski definition) is 2. The number of carbonyl (C=O) groups excluding carboxylic acids is 1. The van der Waals surface area contributed by atoms with E-state index in [1.807, 2.05) is 6.92 Å². The van der Waals surface area contributed by atoms with Crippen molar-refractivity contribution < 1.29 is 13.6 Å². The molecule has 128 valence electrons. The van der Waals surface area contributed by atoms with Crippen LogP contribution in [0, 0.1) is 25.5 Å². The summed E-state index contributed by atoms with van der Waals surface area (Å²) in [6.45, 7) is 4.04. The smallest absolute Gasteiger partial charge is 0.258 e. The molecule has 1 heterocycles. The molecular weight excluding hydrogens is 324 g/mol. The highest BCUT2D eigenvalue weighted by Gasteiger charge is 2.17. The number of amides is 1. The normalized spacial score (nSPS) is 10.7. The summed E-state index contributed by atoms with van der Waals surface area (Å²) in [6.07, 6.45) is 0. The molecule has 1 N–H and O–H groups in total. The molecule has 3 rings (SSSR count). The monoisotopic (exact) mass is 341 g/mol. The number of benzene rings is 2. The number of carbonyl (C=O) groups is 1. The molecule has 6 heteroatoms. The Bertz CT molecular complexity index is 917. The highest BCUT2D eigenvalue weighted by molar-refractivity contribution is 6.05. The molecule has 0 atom stereocenters. The van der Waals surface area contributed by atoms with Crippen LogP contribution in [0.25, 0.3) is 0 Å². The van der Waals surface area contributed by atoms with Crippen LogP contribution in [0.15, 0.2) is 48.5 Å². The van der Waals surface area contributed by atoms with Crippen LogP contribution in [0.3, 0.4) is 0 Å². The van der Waals surface area contributed by atoms with Crippen LogP contribution in [0.2, 0.25) is 0 Å². The van der Waals surface area contributed by atoms with Gasteiger partial charge < -0.3 is 5.32 Å².